The van der Waals surface area contributed by atoms with E-state index in [2.05, 4.69) is 27.2 Å². The molecular formula is C19H24N2O3. The third-order valence-electron chi connectivity index (χ3n) is 3.70. The lowest BCUT2D eigenvalue weighted by molar-refractivity contribution is -0.142. The zero-order valence-corrected chi connectivity index (χ0v) is 14.5. The van der Waals surface area contributed by atoms with Gasteiger partial charge in [-0.3, -0.25) is 4.98 Å². The summed E-state index contributed by atoms with van der Waals surface area (Å²) < 4.78 is 10.2. The van der Waals surface area contributed by atoms with Gasteiger partial charge in [-0.2, -0.15) is 0 Å². The Morgan fingerprint density at radius 3 is 2.58 bits per heavy atom. The molecule has 0 aliphatic heterocycles. The van der Waals surface area contributed by atoms with Crippen LogP contribution >= 0.6 is 0 Å². The molecule has 0 amide bonds. The number of nitrogens with zero attached hydrogens (tertiary/aromatic N) is 1. The first-order valence-corrected chi connectivity index (χ1v) is 8.00. The molecule has 0 saturated carbocycles. The van der Waals surface area contributed by atoms with Crippen molar-refractivity contribution in [1.29, 1.82) is 0 Å². The van der Waals surface area contributed by atoms with Gasteiger partial charge in [-0.1, -0.05) is 18.2 Å². The Labute approximate surface area is 143 Å². The molecule has 0 saturated heterocycles. The van der Waals surface area contributed by atoms with Gasteiger partial charge >= 0.3 is 5.97 Å². The smallest absolute Gasteiger partial charge is 0.343 e. The maximum Gasteiger partial charge on any atom is 0.343 e. The average molecular weight is 328 g/mol. The highest BCUT2D eigenvalue weighted by molar-refractivity contribution is 5.71. The fraction of sp³-hybridized carbons (Fsp3) is 0.368. The molecule has 0 fully saturated rings. The van der Waals surface area contributed by atoms with Crippen molar-refractivity contribution in [1.82, 2.24) is 10.3 Å². The number of aromatic nitrogens is 1. The van der Waals surface area contributed by atoms with Crippen LogP contribution in [-0.4, -0.2) is 31.2 Å². The molecule has 2 aromatic rings. The molecule has 0 spiro atoms. The van der Waals surface area contributed by atoms with Crippen molar-refractivity contribution in [2.75, 3.05) is 20.3 Å². The summed E-state index contributed by atoms with van der Waals surface area (Å²) >= 11 is 0. The number of rotatable bonds is 8. The van der Waals surface area contributed by atoms with Crippen molar-refractivity contribution in [3.63, 3.8) is 0 Å². The third-order valence-corrected chi connectivity index (χ3v) is 3.70. The maximum atomic E-state index is 11.2. The van der Waals surface area contributed by atoms with E-state index in [0.29, 0.717) is 0 Å². The first-order chi connectivity index (χ1) is 11.6. The molecule has 0 bridgehead atoms. The molecule has 0 atom stereocenters. The van der Waals surface area contributed by atoms with Gasteiger partial charge in [0, 0.05) is 31.4 Å². The third kappa shape index (κ3) is 5.35. The van der Waals surface area contributed by atoms with E-state index in [0.717, 1.165) is 42.1 Å². The van der Waals surface area contributed by atoms with E-state index in [4.69, 9.17) is 4.74 Å². The van der Waals surface area contributed by atoms with Gasteiger partial charge in [0.2, 0.25) is 0 Å². The first-order valence-electron chi connectivity index (χ1n) is 8.00. The zero-order chi connectivity index (χ0) is 17.4. The summed E-state index contributed by atoms with van der Waals surface area (Å²) in [7, 11) is 1.35. The van der Waals surface area contributed by atoms with Crippen LogP contribution in [-0.2, 0) is 22.5 Å². The fourth-order valence-corrected chi connectivity index (χ4v) is 2.55. The van der Waals surface area contributed by atoms with Gasteiger partial charge in [0.25, 0.3) is 0 Å². The van der Waals surface area contributed by atoms with Crippen molar-refractivity contribution in [3.8, 4) is 5.75 Å². The Kier molecular flexibility index (Phi) is 6.75. The lowest BCUT2D eigenvalue weighted by Crippen LogP contribution is -2.17. The van der Waals surface area contributed by atoms with Crippen LogP contribution in [0.1, 0.15) is 22.4 Å². The van der Waals surface area contributed by atoms with E-state index < -0.39 is 0 Å². The summed E-state index contributed by atoms with van der Waals surface area (Å²) in [6.45, 7) is 5.55. The number of esters is 1. The van der Waals surface area contributed by atoms with Crippen LogP contribution in [0, 0.1) is 13.8 Å². The number of carbonyl (C=O) groups is 1. The van der Waals surface area contributed by atoms with Crippen molar-refractivity contribution in [2.45, 2.75) is 26.8 Å². The number of nitrogens with one attached hydrogen (secondary N) is 1. The first kappa shape index (κ1) is 17.9. The number of pyridine rings is 1. The summed E-state index contributed by atoms with van der Waals surface area (Å²) in [5.74, 6) is 0.367. The van der Waals surface area contributed by atoms with E-state index in [1.807, 2.05) is 38.2 Å². The van der Waals surface area contributed by atoms with Gasteiger partial charge in [0.05, 0.1) is 7.11 Å². The highest BCUT2D eigenvalue weighted by Gasteiger charge is 2.09. The van der Waals surface area contributed by atoms with Crippen LogP contribution in [0.4, 0.5) is 0 Å². The second-order valence-electron chi connectivity index (χ2n) is 5.67. The molecule has 128 valence electrons. The monoisotopic (exact) mass is 328 g/mol. The summed E-state index contributed by atoms with van der Waals surface area (Å²) in [5, 5.41) is 3.43. The van der Waals surface area contributed by atoms with Gasteiger partial charge < -0.3 is 14.8 Å². The predicted octanol–water partition coefficient (Wildman–Crippen LogP) is 2.58. The van der Waals surface area contributed by atoms with Crippen LogP contribution in [0.3, 0.4) is 0 Å². The van der Waals surface area contributed by atoms with E-state index >= 15 is 0 Å². The standard InChI is InChI=1S/C19H24N2O3/c1-14-10-16(11-15(2)19(14)24-13-18(22)23-3)12-20-9-7-17-6-4-5-8-21-17/h4-6,8,10-11,20H,7,9,12-13H2,1-3H3. The molecule has 1 N–H and O–H groups in total. The molecule has 5 heteroatoms. The van der Waals surface area contributed by atoms with E-state index in [1.165, 1.54) is 12.7 Å². The number of benzene rings is 1. The predicted molar refractivity (Wildman–Crippen MR) is 93.1 cm³/mol. The number of hydrogen-bond donors (Lipinski definition) is 1. The number of carbonyl (C=O) groups excluding carboxylic acids is 1. The Morgan fingerprint density at radius 2 is 1.96 bits per heavy atom. The molecule has 0 aliphatic carbocycles. The Balaban J connectivity index is 1.86. The van der Waals surface area contributed by atoms with Gasteiger partial charge in [-0.25, -0.2) is 4.79 Å². The number of hydrogen-bond acceptors (Lipinski definition) is 5. The largest absolute Gasteiger partial charge is 0.481 e. The SMILES string of the molecule is COC(=O)COc1c(C)cc(CNCCc2ccccn2)cc1C. The summed E-state index contributed by atoms with van der Waals surface area (Å²) in [5.41, 5.74) is 4.31. The Morgan fingerprint density at radius 1 is 1.21 bits per heavy atom. The molecule has 1 heterocycles. The minimum Gasteiger partial charge on any atom is -0.481 e. The van der Waals surface area contributed by atoms with Crippen LogP contribution in [0.25, 0.3) is 0 Å². The molecule has 0 radical (unpaired) electrons. The minimum absolute atomic E-state index is 0.0696. The minimum atomic E-state index is -0.380. The van der Waals surface area contributed by atoms with Crippen LogP contribution < -0.4 is 10.1 Å². The second-order valence-corrected chi connectivity index (χ2v) is 5.67. The maximum absolute atomic E-state index is 11.2. The number of ether oxygens (including phenoxy) is 2. The molecule has 1 aromatic carbocycles. The summed E-state index contributed by atoms with van der Waals surface area (Å²) in [4.78, 5) is 15.5. The Hall–Kier alpha value is -2.40. The Bertz CT molecular complexity index is 649. The number of aryl methyl sites for hydroxylation is 2. The topological polar surface area (TPSA) is 60.5 Å². The van der Waals surface area contributed by atoms with Crippen LogP contribution in [0.15, 0.2) is 36.5 Å². The average Bonchev–Trinajstić information content (AvgIpc) is 2.58. The molecule has 5 nitrogen and oxygen atoms in total. The normalized spacial score (nSPS) is 10.5. The lowest BCUT2D eigenvalue weighted by atomic mass is 10.1. The molecule has 0 aliphatic rings. The van der Waals surface area contributed by atoms with Crippen molar-refractivity contribution < 1.29 is 14.3 Å². The van der Waals surface area contributed by atoms with Gasteiger partial charge in [0.15, 0.2) is 6.61 Å². The van der Waals surface area contributed by atoms with E-state index in [-0.39, 0.29) is 12.6 Å². The lowest BCUT2D eigenvalue weighted by Gasteiger charge is -2.14. The fourth-order valence-electron chi connectivity index (χ4n) is 2.55. The molecule has 24 heavy (non-hydrogen) atoms. The highest BCUT2D eigenvalue weighted by atomic mass is 16.6. The molecule has 1 aromatic heterocycles. The van der Waals surface area contributed by atoms with E-state index in [1.54, 1.807) is 0 Å². The summed E-state index contributed by atoms with van der Waals surface area (Å²) in [6, 6.07) is 10.1. The van der Waals surface area contributed by atoms with Gasteiger partial charge in [-0.05, 0) is 42.7 Å². The van der Waals surface area contributed by atoms with Crippen LogP contribution in [0.5, 0.6) is 5.75 Å². The number of methoxy groups -OCH3 is 1. The quantitative estimate of drug-likeness (QED) is 0.596. The van der Waals surface area contributed by atoms with Gasteiger partial charge in [0.1, 0.15) is 5.75 Å². The van der Waals surface area contributed by atoms with Crippen molar-refractivity contribution in [2.24, 2.45) is 0 Å². The van der Waals surface area contributed by atoms with Crippen molar-refractivity contribution in [3.05, 3.63) is 58.9 Å². The van der Waals surface area contributed by atoms with Crippen molar-refractivity contribution >= 4 is 5.97 Å². The molecule has 2 rings (SSSR count). The van der Waals surface area contributed by atoms with Crippen LogP contribution in [0.2, 0.25) is 0 Å². The molecule has 0 unspecified atom stereocenters. The molecular weight excluding hydrogens is 304 g/mol. The second kappa shape index (κ2) is 9.03. The summed E-state index contributed by atoms with van der Waals surface area (Å²) in [6.07, 6.45) is 2.72. The zero-order valence-electron chi connectivity index (χ0n) is 14.5. The van der Waals surface area contributed by atoms with E-state index in [9.17, 15) is 4.79 Å². The van der Waals surface area contributed by atoms with Gasteiger partial charge in [-0.15, -0.1) is 0 Å². The highest BCUT2D eigenvalue weighted by Crippen LogP contribution is 2.24.